The van der Waals surface area contributed by atoms with E-state index in [1.165, 1.54) is 44.8 Å². The molecule has 0 saturated carbocycles. The largest absolute Gasteiger partial charge is 0.496 e. The summed E-state index contributed by atoms with van der Waals surface area (Å²) in [5.41, 5.74) is 4.42. The number of carbonyl (C=O) groups is 1. The summed E-state index contributed by atoms with van der Waals surface area (Å²) in [6.45, 7) is 0.945. The van der Waals surface area contributed by atoms with Gasteiger partial charge in [-0.3, -0.25) is 14.8 Å². The topological polar surface area (TPSA) is 118 Å². The number of carbonyl (C=O) groups excluding carboxylic acids is 1. The van der Waals surface area contributed by atoms with Crippen LogP contribution in [0.25, 0.3) is 22.2 Å². The number of nitrogens with zero attached hydrogens (tertiary/aromatic N) is 2. The van der Waals surface area contributed by atoms with E-state index in [1.54, 1.807) is 13.1 Å². The van der Waals surface area contributed by atoms with Crippen molar-refractivity contribution in [2.24, 2.45) is 5.73 Å². The average Bonchev–Trinajstić information content (AvgIpc) is 2.92. The molecule has 12 heteroatoms. The lowest BCUT2D eigenvalue weighted by atomic mass is 10.0. The minimum atomic E-state index is -1.64. The fourth-order valence-electron chi connectivity index (χ4n) is 3.76. The van der Waals surface area contributed by atoms with Crippen molar-refractivity contribution in [2.45, 2.75) is 0 Å². The molecule has 0 aliphatic carbocycles. The lowest BCUT2D eigenvalue weighted by Crippen LogP contribution is -2.16. The number of benzene rings is 2. The zero-order chi connectivity index (χ0) is 27.4. The van der Waals surface area contributed by atoms with Crippen LogP contribution < -0.4 is 30.0 Å². The number of pyridine rings is 2. The number of ether oxygens (including phenoxy) is 4. The van der Waals surface area contributed by atoms with Gasteiger partial charge in [0.25, 0.3) is 5.91 Å². The van der Waals surface area contributed by atoms with Crippen molar-refractivity contribution in [1.29, 1.82) is 0 Å². The van der Waals surface area contributed by atoms with E-state index in [4.69, 9.17) is 24.7 Å². The maximum atomic E-state index is 15.2. The van der Waals surface area contributed by atoms with Gasteiger partial charge in [-0.15, -0.1) is 0 Å². The highest BCUT2D eigenvalue weighted by Gasteiger charge is 2.27. The fourth-order valence-corrected chi connectivity index (χ4v) is 3.76. The standard InChI is InChI=1S/C26H23F3N4O5/c1-31-8-9-37-20-12-16-13(11-19(20)36-3)17(4-6-32-16)38-25-15(27)10-14(22(28)23(25)29)24-21(26(30)34)18(35-2)5-7-33-24/h4-7,10-12,31H,8-9H2,1-3H3,(H2,30,34). The molecule has 0 fully saturated rings. The first-order chi connectivity index (χ1) is 18.3. The Bertz CT molecular complexity index is 1520. The summed E-state index contributed by atoms with van der Waals surface area (Å²) in [6, 6.07) is 6.47. The number of nitrogens with one attached hydrogen (secondary N) is 1. The number of aromatic nitrogens is 2. The van der Waals surface area contributed by atoms with E-state index >= 15 is 13.2 Å². The van der Waals surface area contributed by atoms with Crippen molar-refractivity contribution in [3.63, 3.8) is 0 Å². The van der Waals surface area contributed by atoms with Crippen molar-refractivity contribution in [3.05, 3.63) is 65.7 Å². The second-order valence-corrected chi connectivity index (χ2v) is 7.85. The third-order valence-electron chi connectivity index (χ3n) is 5.56. The number of fused-ring (bicyclic) bond motifs is 1. The van der Waals surface area contributed by atoms with E-state index in [1.807, 2.05) is 0 Å². The Hall–Kier alpha value is -4.58. The van der Waals surface area contributed by atoms with E-state index in [9.17, 15) is 4.79 Å². The van der Waals surface area contributed by atoms with Gasteiger partial charge >= 0.3 is 0 Å². The first kappa shape index (κ1) is 26.5. The molecule has 9 nitrogen and oxygen atoms in total. The van der Waals surface area contributed by atoms with Crippen LogP contribution in [-0.2, 0) is 0 Å². The molecule has 0 aliphatic heterocycles. The van der Waals surface area contributed by atoms with Crippen molar-refractivity contribution in [1.82, 2.24) is 15.3 Å². The highest BCUT2D eigenvalue weighted by Crippen LogP contribution is 2.40. The summed E-state index contributed by atoms with van der Waals surface area (Å²) < 4.78 is 67.3. The predicted octanol–water partition coefficient (Wildman–Crippen LogP) is 4.22. The normalized spacial score (nSPS) is 10.9. The molecule has 4 rings (SSSR count). The highest BCUT2D eigenvalue weighted by molar-refractivity contribution is 6.01. The van der Waals surface area contributed by atoms with Crippen molar-refractivity contribution >= 4 is 16.8 Å². The molecule has 2 aromatic heterocycles. The van der Waals surface area contributed by atoms with Crippen molar-refractivity contribution < 1.29 is 36.9 Å². The van der Waals surface area contributed by atoms with Crippen LogP contribution in [-0.4, -0.2) is 50.3 Å². The number of rotatable bonds is 10. The summed E-state index contributed by atoms with van der Waals surface area (Å²) >= 11 is 0. The molecule has 1 amide bonds. The van der Waals surface area contributed by atoms with Crippen LogP contribution in [0.2, 0.25) is 0 Å². The Kier molecular flexibility index (Phi) is 7.82. The minimum absolute atomic E-state index is 0.0163. The van der Waals surface area contributed by atoms with Gasteiger partial charge in [-0.05, 0) is 31.3 Å². The Morgan fingerprint density at radius 2 is 1.66 bits per heavy atom. The van der Waals surface area contributed by atoms with Gasteiger partial charge in [0, 0.05) is 36.0 Å². The zero-order valence-corrected chi connectivity index (χ0v) is 20.6. The first-order valence-corrected chi connectivity index (χ1v) is 11.2. The third-order valence-corrected chi connectivity index (χ3v) is 5.56. The number of nitrogens with two attached hydrogens (primary N) is 1. The Balaban J connectivity index is 1.78. The number of halogens is 3. The molecule has 38 heavy (non-hydrogen) atoms. The molecule has 0 unspecified atom stereocenters. The van der Waals surface area contributed by atoms with Gasteiger partial charge < -0.3 is 30.0 Å². The van der Waals surface area contributed by atoms with Crippen molar-refractivity contribution in [3.8, 4) is 40.0 Å². The monoisotopic (exact) mass is 528 g/mol. The minimum Gasteiger partial charge on any atom is -0.496 e. The number of hydrogen-bond donors (Lipinski definition) is 2. The van der Waals surface area contributed by atoms with Crippen LogP contribution in [0.15, 0.2) is 42.7 Å². The van der Waals surface area contributed by atoms with Crippen LogP contribution in [0.3, 0.4) is 0 Å². The molecule has 2 aromatic carbocycles. The van der Waals surface area contributed by atoms with Crippen molar-refractivity contribution in [2.75, 3.05) is 34.4 Å². The van der Waals surface area contributed by atoms with E-state index in [2.05, 4.69) is 15.3 Å². The van der Waals surface area contributed by atoms with E-state index in [0.29, 0.717) is 41.6 Å². The number of hydrogen-bond acceptors (Lipinski definition) is 8. The molecule has 0 radical (unpaired) electrons. The van der Waals surface area contributed by atoms with E-state index < -0.39 is 34.7 Å². The molecule has 0 aliphatic rings. The molecule has 0 atom stereocenters. The molecule has 0 spiro atoms. The number of methoxy groups -OCH3 is 2. The molecule has 4 aromatic rings. The SMILES string of the molecule is CNCCOc1cc2nccc(Oc3c(F)cc(-c4nccc(OC)c4C(N)=O)c(F)c3F)c2cc1OC. The van der Waals surface area contributed by atoms with Gasteiger partial charge in [-0.1, -0.05) is 0 Å². The molecular weight excluding hydrogens is 505 g/mol. The number of primary amides is 1. The van der Waals surface area contributed by atoms with Crippen LogP contribution in [0, 0.1) is 17.5 Å². The Labute approximate surface area is 215 Å². The van der Waals surface area contributed by atoms with Crippen LogP contribution in [0.4, 0.5) is 13.2 Å². The second-order valence-electron chi connectivity index (χ2n) is 7.85. The second kappa shape index (κ2) is 11.2. The van der Waals surface area contributed by atoms with Gasteiger partial charge in [0.2, 0.25) is 11.6 Å². The number of amides is 1. The molecule has 0 bridgehead atoms. The van der Waals surface area contributed by atoms with Gasteiger partial charge in [0.1, 0.15) is 23.7 Å². The quantitative estimate of drug-likeness (QED) is 0.232. The van der Waals surface area contributed by atoms with Crippen LogP contribution >= 0.6 is 0 Å². The van der Waals surface area contributed by atoms with E-state index in [0.717, 1.165) is 0 Å². The Morgan fingerprint density at radius 1 is 0.947 bits per heavy atom. The first-order valence-electron chi connectivity index (χ1n) is 11.2. The Morgan fingerprint density at radius 3 is 2.34 bits per heavy atom. The summed E-state index contributed by atoms with van der Waals surface area (Å²) in [4.78, 5) is 20.1. The van der Waals surface area contributed by atoms with Crippen LogP contribution in [0.1, 0.15) is 10.4 Å². The zero-order valence-electron chi connectivity index (χ0n) is 20.6. The predicted molar refractivity (Wildman–Crippen MR) is 132 cm³/mol. The summed E-state index contributed by atoms with van der Waals surface area (Å²) in [5, 5.41) is 3.29. The van der Waals surface area contributed by atoms with Gasteiger partial charge in [0.05, 0.1) is 25.4 Å². The third kappa shape index (κ3) is 4.98. The van der Waals surface area contributed by atoms with Gasteiger partial charge in [-0.2, -0.15) is 4.39 Å². The maximum Gasteiger partial charge on any atom is 0.254 e. The molecule has 0 saturated heterocycles. The summed E-state index contributed by atoms with van der Waals surface area (Å²) in [5.74, 6) is -5.71. The maximum absolute atomic E-state index is 15.2. The molecule has 198 valence electrons. The molecule has 3 N–H and O–H groups in total. The summed E-state index contributed by atoms with van der Waals surface area (Å²) in [7, 11) is 4.47. The molecule has 2 heterocycles. The van der Waals surface area contributed by atoms with Gasteiger partial charge in [-0.25, -0.2) is 8.78 Å². The molecular formula is C26H23F3N4O5. The highest BCUT2D eigenvalue weighted by atomic mass is 19.2. The lowest BCUT2D eigenvalue weighted by Gasteiger charge is -2.16. The van der Waals surface area contributed by atoms with E-state index in [-0.39, 0.29) is 22.8 Å². The smallest absolute Gasteiger partial charge is 0.254 e. The van der Waals surface area contributed by atoms with Gasteiger partial charge in [0.15, 0.2) is 23.1 Å². The fraction of sp³-hybridized carbons (Fsp3) is 0.192. The average molecular weight is 528 g/mol. The lowest BCUT2D eigenvalue weighted by molar-refractivity contribution is 0.0997. The van der Waals surface area contributed by atoms with Crippen LogP contribution in [0.5, 0.6) is 28.7 Å². The summed E-state index contributed by atoms with van der Waals surface area (Å²) in [6.07, 6.45) is 2.55. The number of likely N-dealkylation sites (N-methyl/N-ethyl adjacent to an activating group) is 1.